The number of rotatable bonds is 6. The zero-order chi connectivity index (χ0) is 18.7. The molecule has 0 saturated heterocycles. The van der Waals surface area contributed by atoms with Crippen LogP contribution in [0.4, 0.5) is 0 Å². The van der Waals surface area contributed by atoms with Gasteiger partial charge in [0.1, 0.15) is 0 Å². The molecule has 0 unspecified atom stereocenters. The molecule has 0 heterocycles. The summed E-state index contributed by atoms with van der Waals surface area (Å²) in [5.74, 6) is 0. The monoisotopic (exact) mass is 375 g/mol. The molecule has 0 aromatic carbocycles. The predicted octanol–water partition coefficient (Wildman–Crippen LogP) is 7.07. The number of nitrogens with zero attached hydrogens (tertiary/aromatic N) is 4. The molecule has 0 aliphatic rings. The van der Waals surface area contributed by atoms with Crippen LogP contribution in [-0.2, 0) is 16.8 Å². The third kappa shape index (κ3) is 60.7. The zero-order valence-corrected chi connectivity index (χ0v) is 19.0. The second-order valence-corrected chi connectivity index (χ2v) is 6.02. The van der Waals surface area contributed by atoms with E-state index in [4.69, 9.17) is 0 Å². The Morgan fingerprint density at radius 2 is 0.783 bits per heavy atom. The quantitative estimate of drug-likeness (QED) is 0.446. The summed E-state index contributed by atoms with van der Waals surface area (Å²) in [5, 5.41) is 16.7. The summed E-state index contributed by atoms with van der Waals surface area (Å²) in [6, 6.07) is 0. The Labute approximate surface area is 158 Å². The molecule has 1 radical (unpaired) electrons. The Kier molecular flexibility index (Phi) is 37.0. The van der Waals surface area contributed by atoms with Crippen LogP contribution in [0.3, 0.4) is 0 Å². The second kappa shape index (κ2) is 24.6. The summed E-state index contributed by atoms with van der Waals surface area (Å²) in [6.07, 6.45) is 0. The van der Waals surface area contributed by atoms with Crippen LogP contribution in [0.1, 0.15) is 83.1 Å². The molecule has 5 heteroatoms. The van der Waals surface area contributed by atoms with E-state index in [0.717, 1.165) is 13.1 Å². The molecule has 0 aliphatic carbocycles. The van der Waals surface area contributed by atoms with Crippen LogP contribution in [0, 0.1) is 0 Å². The number of hydrogen-bond acceptors (Lipinski definition) is 0. The molecular formula is C18H44CoN4-4. The van der Waals surface area contributed by atoms with Crippen molar-refractivity contribution < 1.29 is 16.8 Å². The Hall–Kier alpha value is 0.346. The minimum Gasteiger partial charge on any atom is -0.681 e. The van der Waals surface area contributed by atoms with Crippen LogP contribution < -0.4 is 0 Å². The first-order valence-electron chi connectivity index (χ1n) is 8.76. The molecule has 0 aliphatic heterocycles. The summed E-state index contributed by atoms with van der Waals surface area (Å²) in [6.45, 7) is 27.6. The van der Waals surface area contributed by atoms with Gasteiger partial charge in [-0.25, -0.2) is 0 Å². The van der Waals surface area contributed by atoms with Crippen molar-refractivity contribution in [3.05, 3.63) is 21.3 Å². The van der Waals surface area contributed by atoms with Gasteiger partial charge in [-0.3, -0.25) is 13.3 Å². The van der Waals surface area contributed by atoms with Crippen molar-refractivity contribution in [1.29, 1.82) is 0 Å². The van der Waals surface area contributed by atoms with E-state index in [1.165, 1.54) is 0 Å². The van der Waals surface area contributed by atoms with Gasteiger partial charge in [-0.05, 0) is 0 Å². The van der Waals surface area contributed by atoms with Crippen LogP contribution in [0.15, 0.2) is 0 Å². The molecule has 0 aromatic heterocycles. The van der Waals surface area contributed by atoms with E-state index in [0.29, 0.717) is 13.3 Å². The third-order valence-corrected chi connectivity index (χ3v) is 1.74. The smallest absolute Gasteiger partial charge is 0 e. The largest absolute Gasteiger partial charge is 0.681 e. The van der Waals surface area contributed by atoms with Crippen LogP contribution in [0.2, 0.25) is 0 Å². The molecule has 0 spiro atoms. The van der Waals surface area contributed by atoms with E-state index in [1.54, 1.807) is 0 Å². The second-order valence-electron chi connectivity index (χ2n) is 6.02. The fourth-order valence-corrected chi connectivity index (χ4v) is 0.724. The maximum absolute atomic E-state index is 4.28. The molecule has 0 amide bonds. The first-order chi connectivity index (χ1) is 10.1. The Morgan fingerprint density at radius 3 is 0.913 bits per heavy atom. The fourth-order valence-electron chi connectivity index (χ4n) is 0.724. The SMILES string of the molecule is CC.CC.CC[N-]C[N-]C(C)(C)C.CC[N-]C[N-]C(C)(C)C.[Co]. The van der Waals surface area contributed by atoms with Gasteiger partial charge in [0, 0.05) is 16.8 Å². The van der Waals surface area contributed by atoms with E-state index in [2.05, 4.69) is 62.8 Å². The van der Waals surface area contributed by atoms with Gasteiger partial charge in [0.2, 0.25) is 0 Å². The standard InChI is InChI=1S/2C7H16N2.2C2H6.Co/c2*1-5-8-6-9-7(2,3)4;2*1-2;/h2*5-6H2,1-4H3;2*1-2H3;/q2*-2;;;. The van der Waals surface area contributed by atoms with Crippen LogP contribution in [0.25, 0.3) is 21.3 Å². The Morgan fingerprint density at radius 1 is 0.565 bits per heavy atom. The molecule has 0 aromatic rings. The van der Waals surface area contributed by atoms with Crippen molar-refractivity contribution in [2.45, 2.75) is 94.2 Å². The minimum atomic E-state index is 0. The summed E-state index contributed by atoms with van der Waals surface area (Å²) in [5.41, 5.74) is 0.164. The van der Waals surface area contributed by atoms with Crippen molar-refractivity contribution in [3.8, 4) is 0 Å². The Balaban J connectivity index is -0.0000000743. The van der Waals surface area contributed by atoms with Gasteiger partial charge in [-0.2, -0.15) is 13.1 Å². The molecule has 23 heavy (non-hydrogen) atoms. The predicted molar refractivity (Wildman–Crippen MR) is 106 cm³/mol. The Bertz CT molecular complexity index is 155. The summed E-state index contributed by atoms with van der Waals surface area (Å²) in [7, 11) is 0. The first kappa shape index (κ1) is 34.6. The van der Waals surface area contributed by atoms with Crippen molar-refractivity contribution >= 4 is 0 Å². The fraction of sp³-hybridized carbons (Fsp3) is 1.00. The summed E-state index contributed by atoms with van der Waals surface area (Å²) < 4.78 is 0. The average molecular weight is 376 g/mol. The molecule has 0 rings (SSSR count). The van der Waals surface area contributed by atoms with Crippen LogP contribution in [-0.4, -0.2) is 37.5 Å². The van der Waals surface area contributed by atoms with Gasteiger partial charge in [-0.1, -0.05) is 83.1 Å². The van der Waals surface area contributed by atoms with Gasteiger partial charge in [0.25, 0.3) is 0 Å². The topological polar surface area (TPSA) is 56.4 Å². The van der Waals surface area contributed by atoms with Crippen LogP contribution >= 0.6 is 0 Å². The molecule has 149 valence electrons. The average Bonchev–Trinajstić information content (AvgIpc) is 2.42. The first-order valence-corrected chi connectivity index (χ1v) is 8.76. The molecule has 0 bridgehead atoms. The third-order valence-electron chi connectivity index (χ3n) is 1.74. The summed E-state index contributed by atoms with van der Waals surface area (Å²) >= 11 is 0. The van der Waals surface area contributed by atoms with E-state index in [-0.39, 0.29) is 27.9 Å². The molecule has 4 nitrogen and oxygen atoms in total. The number of hydrogen-bond donors (Lipinski definition) is 0. The van der Waals surface area contributed by atoms with Gasteiger partial charge < -0.3 is 21.3 Å². The van der Waals surface area contributed by atoms with Crippen molar-refractivity contribution in [3.63, 3.8) is 0 Å². The van der Waals surface area contributed by atoms with Crippen molar-refractivity contribution in [1.82, 2.24) is 0 Å². The van der Waals surface area contributed by atoms with Gasteiger partial charge in [0.15, 0.2) is 0 Å². The maximum atomic E-state index is 4.28. The zero-order valence-electron chi connectivity index (χ0n) is 18.0. The van der Waals surface area contributed by atoms with Crippen molar-refractivity contribution in [2.75, 3.05) is 26.4 Å². The van der Waals surface area contributed by atoms with E-state index >= 15 is 0 Å². The van der Waals surface area contributed by atoms with Gasteiger partial charge >= 0.3 is 0 Å². The van der Waals surface area contributed by atoms with Gasteiger partial charge in [-0.15, -0.1) is 11.1 Å². The molecule has 0 atom stereocenters. The molecule has 0 saturated carbocycles. The van der Waals surface area contributed by atoms with E-state index in [9.17, 15) is 0 Å². The maximum Gasteiger partial charge on any atom is 0 e. The van der Waals surface area contributed by atoms with E-state index < -0.39 is 0 Å². The van der Waals surface area contributed by atoms with Gasteiger partial charge in [0.05, 0.1) is 0 Å². The molecule has 0 N–H and O–H groups in total. The van der Waals surface area contributed by atoms with Crippen LogP contribution in [0.5, 0.6) is 0 Å². The van der Waals surface area contributed by atoms with Crippen molar-refractivity contribution in [2.24, 2.45) is 0 Å². The summed E-state index contributed by atoms with van der Waals surface area (Å²) in [4.78, 5) is 0. The molecular weight excluding hydrogens is 331 g/mol. The van der Waals surface area contributed by atoms with E-state index in [1.807, 2.05) is 41.5 Å². The molecule has 0 fully saturated rings. The normalized spacial score (nSPS) is 9.91. The minimum absolute atomic E-state index is 0.